The molecule has 0 saturated carbocycles. The van der Waals surface area contributed by atoms with Crippen molar-refractivity contribution in [2.45, 2.75) is 0 Å². The lowest BCUT2D eigenvalue weighted by Gasteiger charge is -2.10. The molecule has 10 heteroatoms. The molecule has 2 amide bonds. The smallest absolute Gasteiger partial charge is 0.264 e. The van der Waals surface area contributed by atoms with Crippen LogP contribution in [-0.4, -0.2) is 23.6 Å². The number of nitrogens with one attached hydrogen (secondary N) is 2. The van der Waals surface area contributed by atoms with E-state index in [2.05, 4.69) is 15.6 Å². The van der Waals surface area contributed by atoms with E-state index < -0.39 is 11.7 Å². The van der Waals surface area contributed by atoms with Crippen LogP contribution in [0.25, 0.3) is 6.08 Å². The lowest BCUT2D eigenvalue weighted by atomic mass is 10.2. The standard InChI is InChI=1S/C24H16Cl2FN3O3S/c25-17-5-3-6-18(22(17)26)29-24-30-23(32)20(34-24)12-14-4-1-2-7-19(14)33-13-21(31)28-16-10-8-15(27)9-11-16/h1-12H,13H2,(H,28,31)(H,29,30,32)/b20-12+. The number of carbonyl (C=O) groups is 2. The van der Waals surface area contributed by atoms with Crippen LogP contribution in [0.15, 0.2) is 76.6 Å². The highest BCUT2D eigenvalue weighted by Gasteiger charge is 2.24. The number of thioether (sulfide) groups is 1. The average Bonchev–Trinajstić information content (AvgIpc) is 3.16. The molecule has 0 atom stereocenters. The molecule has 1 aliphatic heterocycles. The maximum Gasteiger partial charge on any atom is 0.264 e. The summed E-state index contributed by atoms with van der Waals surface area (Å²) in [5.41, 5.74) is 1.50. The third-order valence-electron chi connectivity index (χ3n) is 4.50. The van der Waals surface area contributed by atoms with Gasteiger partial charge in [-0.15, -0.1) is 0 Å². The summed E-state index contributed by atoms with van der Waals surface area (Å²) in [5.74, 6) is -0.713. The van der Waals surface area contributed by atoms with Gasteiger partial charge >= 0.3 is 0 Å². The minimum Gasteiger partial charge on any atom is -0.483 e. The number of para-hydroxylation sites is 1. The van der Waals surface area contributed by atoms with Crippen molar-refractivity contribution in [2.75, 3.05) is 11.9 Å². The van der Waals surface area contributed by atoms with Gasteiger partial charge in [-0.2, -0.15) is 0 Å². The Morgan fingerprint density at radius 1 is 1.09 bits per heavy atom. The quantitative estimate of drug-likeness (QED) is 0.392. The van der Waals surface area contributed by atoms with Crippen molar-refractivity contribution in [1.82, 2.24) is 5.32 Å². The number of carbonyl (C=O) groups excluding carboxylic acids is 2. The molecule has 172 valence electrons. The zero-order valence-corrected chi connectivity index (χ0v) is 19.7. The number of aliphatic imine (C=N–C) groups is 1. The number of amides is 2. The summed E-state index contributed by atoms with van der Waals surface area (Å²) in [7, 11) is 0. The van der Waals surface area contributed by atoms with E-state index in [1.54, 1.807) is 48.5 Å². The van der Waals surface area contributed by atoms with Crippen LogP contribution in [0, 0.1) is 5.82 Å². The molecule has 1 aliphatic rings. The van der Waals surface area contributed by atoms with Crippen LogP contribution in [-0.2, 0) is 9.59 Å². The number of amidine groups is 1. The highest BCUT2D eigenvalue weighted by atomic mass is 35.5. The van der Waals surface area contributed by atoms with Gasteiger partial charge in [-0.05, 0) is 60.3 Å². The fraction of sp³-hybridized carbons (Fsp3) is 0.0417. The second-order valence-electron chi connectivity index (χ2n) is 6.94. The largest absolute Gasteiger partial charge is 0.483 e. The van der Waals surface area contributed by atoms with Gasteiger partial charge < -0.3 is 15.4 Å². The van der Waals surface area contributed by atoms with Gasteiger partial charge in [-0.1, -0.05) is 47.5 Å². The maximum atomic E-state index is 13.0. The van der Waals surface area contributed by atoms with Crippen molar-refractivity contribution in [3.63, 3.8) is 0 Å². The summed E-state index contributed by atoms with van der Waals surface area (Å²) in [6.07, 6.45) is 1.65. The van der Waals surface area contributed by atoms with Gasteiger partial charge in [0.15, 0.2) is 11.8 Å². The lowest BCUT2D eigenvalue weighted by Crippen LogP contribution is -2.20. The highest BCUT2D eigenvalue weighted by molar-refractivity contribution is 8.18. The first-order valence-corrected chi connectivity index (χ1v) is 11.5. The molecule has 1 saturated heterocycles. The topological polar surface area (TPSA) is 79.8 Å². The molecule has 34 heavy (non-hydrogen) atoms. The van der Waals surface area contributed by atoms with Gasteiger partial charge in [0.25, 0.3) is 11.8 Å². The number of hydrogen-bond acceptors (Lipinski definition) is 5. The first-order valence-electron chi connectivity index (χ1n) is 9.90. The Morgan fingerprint density at radius 2 is 1.85 bits per heavy atom. The third kappa shape index (κ3) is 5.96. The van der Waals surface area contributed by atoms with Crippen molar-refractivity contribution < 1.29 is 18.7 Å². The Labute approximate surface area is 208 Å². The second kappa shape index (κ2) is 10.7. The molecule has 0 aliphatic carbocycles. The number of anilines is 1. The SMILES string of the molecule is O=C(COc1ccccc1/C=C1/SC(=Nc2cccc(Cl)c2Cl)NC1=O)Nc1ccc(F)cc1. The normalized spacial score (nSPS) is 15.4. The molecule has 0 unspecified atom stereocenters. The third-order valence-corrected chi connectivity index (χ3v) is 6.22. The van der Waals surface area contributed by atoms with Gasteiger partial charge in [0.1, 0.15) is 11.6 Å². The Kier molecular flexibility index (Phi) is 7.52. The number of ether oxygens (including phenoxy) is 1. The number of benzene rings is 3. The minimum atomic E-state index is -0.408. The van der Waals surface area contributed by atoms with E-state index in [1.165, 1.54) is 24.3 Å². The zero-order valence-electron chi connectivity index (χ0n) is 17.3. The van der Waals surface area contributed by atoms with E-state index in [-0.39, 0.29) is 12.5 Å². The molecular weight excluding hydrogens is 500 g/mol. The van der Waals surface area contributed by atoms with Crippen molar-refractivity contribution >= 4 is 69.4 Å². The van der Waals surface area contributed by atoms with Crippen LogP contribution in [0.3, 0.4) is 0 Å². The second-order valence-corrected chi connectivity index (χ2v) is 8.75. The van der Waals surface area contributed by atoms with Crippen LogP contribution < -0.4 is 15.4 Å². The summed E-state index contributed by atoms with van der Waals surface area (Å²) in [6, 6.07) is 17.5. The van der Waals surface area contributed by atoms with Gasteiger partial charge in [0.05, 0.1) is 20.6 Å². The molecule has 0 radical (unpaired) electrons. The van der Waals surface area contributed by atoms with Crippen LogP contribution in [0.4, 0.5) is 15.8 Å². The Hall–Kier alpha value is -3.33. The Bertz CT molecular complexity index is 1310. The van der Waals surface area contributed by atoms with Gasteiger partial charge in [0, 0.05) is 11.3 Å². The molecule has 6 nitrogen and oxygen atoms in total. The molecular formula is C24H16Cl2FN3O3S. The predicted octanol–water partition coefficient (Wildman–Crippen LogP) is 6.04. The summed E-state index contributed by atoms with van der Waals surface area (Å²) in [4.78, 5) is 29.4. The van der Waals surface area contributed by atoms with E-state index in [0.29, 0.717) is 42.8 Å². The Balaban J connectivity index is 1.45. The van der Waals surface area contributed by atoms with E-state index in [1.807, 2.05) is 0 Å². The Morgan fingerprint density at radius 3 is 2.65 bits per heavy atom. The van der Waals surface area contributed by atoms with Crippen molar-refractivity contribution in [1.29, 1.82) is 0 Å². The van der Waals surface area contributed by atoms with Crippen LogP contribution in [0.1, 0.15) is 5.56 Å². The highest BCUT2D eigenvalue weighted by Crippen LogP contribution is 2.35. The molecule has 3 aromatic rings. The molecule has 4 rings (SSSR count). The van der Waals surface area contributed by atoms with Crippen molar-refractivity contribution in [2.24, 2.45) is 4.99 Å². The zero-order chi connectivity index (χ0) is 24.1. The van der Waals surface area contributed by atoms with Crippen LogP contribution in [0.2, 0.25) is 10.0 Å². The number of halogens is 3. The van der Waals surface area contributed by atoms with Crippen LogP contribution >= 0.6 is 35.0 Å². The summed E-state index contributed by atoms with van der Waals surface area (Å²) < 4.78 is 18.7. The number of nitrogens with zero attached hydrogens (tertiary/aromatic N) is 1. The van der Waals surface area contributed by atoms with Crippen LogP contribution in [0.5, 0.6) is 5.75 Å². The van der Waals surface area contributed by atoms with Gasteiger partial charge in [-0.25, -0.2) is 9.38 Å². The van der Waals surface area contributed by atoms with E-state index in [0.717, 1.165) is 11.8 Å². The monoisotopic (exact) mass is 515 g/mol. The fourth-order valence-corrected chi connectivity index (χ4v) is 4.08. The number of hydrogen-bond donors (Lipinski definition) is 2. The summed E-state index contributed by atoms with van der Waals surface area (Å²) in [6.45, 7) is -0.267. The fourth-order valence-electron chi connectivity index (χ4n) is 2.91. The first kappa shape index (κ1) is 23.8. The van der Waals surface area contributed by atoms with Crippen molar-refractivity contribution in [3.8, 4) is 5.75 Å². The van der Waals surface area contributed by atoms with E-state index >= 15 is 0 Å². The van der Waals surface area contributed by atoms with E-state index in [9.17, 15) is 14.0 Å². The van der Waals surface area contributed by atoms with Gasteiger partial charge in [-0.3, -0.25) is 9.59 Å². The van der Waals surface area contributed by atoms with Gasteiger partial charge in [0.2, 0.25) is 0 Å². The maximum absolute atomic E-state index is 13.0. The lowest BCUT2D eigenvalue weighted by molar-refractivity contribution is -0.118. The first-order chi connectivity index (χ1) is 16.4. The van der Waals surface area contributed by atoms with Crippen molar-refractivity contribution in [3.05, 3.63) is 93.1 Å². The molecule has 3 aromatic carbocycles. The van der Waals surface area contributed by atoms with E-state index in [4.69, 9.17) is 27.9 Å². The minimum absolute atomic E-state index is 0.267. The molecule has 2 N–H and O–H groups in total. The number of rotatable bonds is 6. The molecule has 1 fully saturated rings. The molecule has 0 bridgehead atoms. The molecule has 1 heterocycles. The summed E-state index contributed by atoms with van der Waals surface area (Å²) >= 11 is 13.3. The molecule has 0 aromatic heterocycles. The molecule has 0 spiro atoms. The average molecular weight is 516 g/mol. The predicted molar refractivity (Wildman–Crippen MR) is 134 cm³/mol. The summed E-state index contributed by atoms with van der Waals surface area (Å²) in [5, 5.41) is 6.33.